The van der Waals surface area contributed by atoms with Gasteiger partial charge >= 0.3 is 5.97 Å². The fraction of sp³-hybridized carbons (Fsp3) is 0.444. The molecule has 0 spiro atoms. The molecule has 0 radical (unpaired) electrons. The number of oxime groups is 2. The summed E-state index contributed by atoms with van der Waals surface area (Å²) in [6.07, 6.45) is 7.17. The highest BCUT2D eigenvalue weighted by Crippen LogP contribution is 2.24. The van der Waals surface area contributed by atoms with Crippen molar-refractivity contribution in [2.45, 2.75) is 38.7 Å². The smallest absolute Gasteiger partial charge is 0.377 e. The molecule has 134 valence electrons. The van der Waals surface area contributed by atoms with Gasteiger partial charge in [-0.1, -0.05) is 53.8 Å². The lowest BCUT2D eigenvalue weighted by atomic mass is 9.86. The number of hydrogen-bond acceptors (Lipinski definition) is 6. The van der Waals surface area contributed by atoms with Crippen molar-refractivity contribution in [1.29, 1.82) is 0 Å². The molecule has 7 heteroatoms. The van der Waals surface area contributed by atoms with Crippen LogP contribution in [0.5, 0.6) is 0 Å². The average Bonchev–Trinajstić information content (AvgIpc) is 2.64. The number of carbonyl (C=O) groups is 2. The molecule has 1 aliphatic rings. The molecule has 1 aromatic rings. The van der Waals surface area contributed by atoms with Crippen molar-refractivity contribution in [3.8, 4) is 0 Å². The van der Waals surface area contributed by atoms with Gasteiger partial charge in [-0.25, -0.2) is 4.79 Å². The standard InChI is InChI=1S/C18H22N2O5/c1-24-20-16(13-7-3-2-4-8-13)11-19-25-12-14-9-5-6-10-15(14)17(21)18(22)23/h5-6,9-11,13H,2-4,7-8,12H2,1H3,(H,22,23)/b19-11?,20-16+. The second-order valence-corrected chi connectivity index (χ2v) is 5.83. The molecular formula is C18H22N2O5. The van der Waals surface area contributed by atoms with E-state index in [2.05, 4.69) is 10.3 Å². The number of ketones is 1. The predicted molar refractivity (Wildman–Crippen MR) is 92.7 cm³/mol. The lowest BCUT2D eigenvalue weighted by molar-refractivity contribution is -0.131. The highest BCUT2D eigenvalue weighted by molar-refractivity contribution is 6.40. The summed E-state index contributed by atoms with van der Waals surface area (Å²) in [5.41, 5.74) is 1.30. The molecular weight excluding hydrogens is 324 g/mol. The Balaban J connectivity index is 1.99. The number of nitrogens with zero attached hydrogens (tertiary/aromatic N) is 2. The van der Waals surface area contributed by atoms with Crippen molar-refractivity contribution in [3.63, 3.8) is 0 Å². The number of rotatable bonds is 8. The summed E-state index contributed by atoms with van der Waals surface area (Å²) in [7, 11) is 1.49. The van der Waals surface area contributed by atoms with Crippen LogP contribution >= 0.6 is 0 Å². The molecule has 7 nitrogen and oxygen atoms in total. The van der Waals surface area contributed by atoms with E-state index in [-0.39, 0.29) is 12.2 Å². The van der Waals surface area contributed by atoms with Gasteiger partial charge in [0.25, 0.3) is 5.78 Å². The molecule has 1 saturated carbocycles. The lowest BCUT2D eigenvalue weighted by Crippen LogP contribution is -2.19. The van der Waals surface area contributed by atoms with Gasteiger partial charge in [-0.05, 0) is 12.8 Å². The number of hydrogen-bond donors (Lipinski definition) is 1. The van der Waals surface area contributed by atoms with Gasteiger partial charge in [-0.3, -0.25) is 4.79 Å². The molecule has 1 aliphatic carbocycles. The van der Waals surface area contributed by atoms with Crippen molar-refractivity contribution < 1.29 is 24.4 Å². The van der Waals surface area contributed by atoms with Crippen LogP contribution in [-0.2, 0) is 21.1 Å². The van der Waals surface area contributed by atoms with Crippen molar-refractivity contribution >= 4 is 23.7 Å². The highest BCUT2D eigenvalue weighted by Gasteiger charge is 2.20. The van der Waals surface area contributed by atoms with Crippen molar-refractivity contribution in [2.24, 2.45) is 16.2 Å². The molecule has 1 fully saturated rings. The summed E-state index contributed by atoms with van der Waals surface area (Å²) in [4.78, 5) is 32.7. The summed E-state index contributed by atoms with van der Waals surface area (Å²) in [6, 6.07) is 6.41. The zero-order chi connectivity index (χ0) is 18.1. The Hall–Kier alpha value is -2.70. The Morgan fingerprint density at radius 3 is 2.64 bits per heavy atom. The zero-order valence-electron chi connectivity index (χ0n) is 14.2. The molecule has 0 amide bonds. The maximum Gasteiger partial charge on any atom is 0.377 e. The average molecular weight is 346 g/mol. The summed E-state index contributed by atoms with van der Waals surface area (Å²) in [6.45, 7) is -0.00335. The van der Waals surface area contributed by atoms with E-state index < -0.39 is 11.8 Å². The van der Waals surface area contributed by atoms with Crippen LogP contribution in [0.2, 0.25) is 0 Å². The Morgan fingerprint density at radius 1 is 1.24 bits per heavy atom. The Kier molecular flexibility index (Phi) is 7.13. The van der Waals surface area contributed by atoms with Gasteiger partial charge in [0, 0.05) is 17.0 Å². The fourth-order valence-electron chi connectivity index (χ4n) is 2.89. The molecule has 25 heavy (non-hydrogen) atoms. The van der Waals surface area contributed by atoms with E-state index in [9.17, 15) is 9.59 Å². The Morgan fingerprint density at radius 2 is 1.96 bits per heavy atom. The molecule has 1 N–H and O–H groups in total. The first-order valence-corrected chi connectivity index (χ1v) is 8.25. The van der Waals surface area contributed by atoms with Gasteiger partial charge in [0.2, 0.25) is 0 Å². The minimum atomic E-state index is -1.50. The van der Waals surface area contributed by atoms with Crippen LogP contribution in [0.3, 0.4) is 0 Å². The van der Waals surface area contributed by atoms with E-state index in [4.69, 9.17) is 14.8 Å². The zero-order valence-corrected chi connectivity index (χ0v) is 14.2. The second-order valence-electron chi connectivity index (χ2n) is 5.83. The third kappa shape index (κ3) is 5.41. The van der Waals surface area contributed by atoms with Gasteiger partial charge < -0.3 is 14.8 Å². The fourth-order valence-corrected chi connectivity index (χ4v) is 2.89. The van der Waals surface area contributed by atoms with E-state index >= 15 is 0 Å². The summed E-state index contributed by atoms with van der Waals surface area (Å²) in [5.74, 6) is -2.16. The van der Waals surface area contributed by atoms with E-state index in [1.165, 1.54) is 25.8 Å². The SMILES string of the molecule is CO/N=C(\C=NOCc1ccccc1C(=O)C(=O)O)C1CCCCC1. The highest BCUT2D eigenvalue weighted by atomic mass is 16.6. The number of aliphatic carboxylic acids is 1. The maximum atomic E-state index is 11.7. The molecule has 0 unspecified atom stereocenters. The number of Topliss-reactive ketones (excluding diaryl/α,β-unsaturated/α-hetero) is 1. The summed E-state index contributed by atoms with van der Waals surface area (Å²) < 4.78 is 0. The Labute approximate surface area is 146 Å². The van der Waals surface area contributed by atoms with Gasteiger partial charge in [-0.2, -0.15) is 0 Å². The molecule has 0 atom stereocenters. The molecule has 0 aliphatic heterocycles. The van der Waals surface area contributed by atoms with Crippen molar-refractivity contribution in [3.05, 3.63) is 35.4 Å². The first-order chi connectivity index (χ1) is 12.1. The van der Waals surface area contributed by atoms with E-state index in [0.29, 0.717) is 11.5 Å². The molecule has 0 heterocycles. The molecule has 0 saturated heterocycles. The minimum absolute atomic E-state index is 0.00335. The van der Waals surface area contributed by atoms with E-state index in [1.54, 1.807) is 18.2 Å². The number of benzene rings is 1. The topological polar surface area (TPSA) is 97.6 Å². The van der Waals surface area contributed by atoms with Crippen LogP contribution in [0.25, 0.3) is 0 Å². The van der Waals surface area contributed by atoms with Crippen LogP contribution in [0.4, 0.5) is 0 Å². The normalized spacial score (nSPS) is 16.0. The second kappa shape index (κ2) is 9.56. The summed E-state index contributed by atoms with van der Waals surface area (Å²) >= 11 is 0. The minimum Gasteiger partial charge on any atom is -0.475 e. The first kappa shape index (κ1) is 18.6. The molecule has 0 bridgehead atoms. The monoisotopic (exact) mass is 346 g/mol. The van der Waals surface area contributed by atoms with Crippen LogP contribution in [-0.4, -0.2) is 35.9 Å². The van der Waals surface area contributed by atoms with Crippen LogP contribution in [0.1, 0.15) is 48.0 Å². The quantitative estimate of drug-likeness (QED) is 0.338. The first-order valence-electron chi connectivity index (χ1n) is 8.25. The Bertz CT molecular complexity index is 663. The number of carboxylic acid groups (broad SMARTS) is 1. The van der Waals surface area contributed by atoms with E-state index in [1.807, 2.05) is 0 Å². The third-order valence-electron chi connectivity index (χ3n) is 4.16. The van der Waals surface area contributed by atoms with Gasteiger partial charge in [0.15, 0.2) is 0 Å². The predicted octanol–water partition coefficient (Wildman–Crippen LogP) is 3.04. The lowest BCUT2D eigenvalue weighted by Gasteiger charge is -2.20. The molecule has 0 aromatic heterocycles. The molecule has 2 rings (SSSR count). The maximum absolute atomic E-state index is 11.7. The van der Waals surface area contributed by atoms with Crippen LogP contribution < -0.4 is 0 Å². The molecule has 1 aromatic carbocycles. The van der Waals surface area contributed by atoms with Crippen molar-refractivity contribution in [1.82, 2.24) is 0 Å². The number of carbonyl (C=O) groups excluding carboxylic acids is 1. The van der Waals surface area contributed by atoms with Crippen LogP contribution in [0, 0.1) is 5.92 Å². The van der Waals surface area contributed by atoms with Gasteiger partial charge in [0.1, 0.15) is 19.4 Å². The largest absolute Gasteiger partial charge is 0.475 e. The van der Waals surface area contributed by atoms with Gasteiger partial charge in [-0.15, -0.1) is 0 Å². The summed E-state index contributed by atoms with van der Waals surface area (Å²) in [5, 5.41) is 16.8. The van der Waals surface area contributed by atoms with Crippen molar-refractivity contribution in [2.75, 3.05) is 7.11 Å². The number of carboxylic acids is 1. The van der Waals surface area contributed by atoms with E-state index in [0.717, 1.165) is 31.4 Å². The van der Waals surface area contributed by atoms with Crippen LogP contribution in [0.15, 0.2) is 34.6 Å². The van der Waals surface area contributed by atoms with Gasteiger partial charge in [0.05, 0.1) is 6.21 Å². The third-order valence-corrected chi connectivity index (χ3v) is 4.16.